The van der Waals surface area contributed by atoms with Crippen molar-refractivity contribution < 1.29 is 0 Å². The van der Waals surface area contributed by atoms with Crippen LogP contribution in [0.1, 0.15) is 11.1 Å². The van der Waals surface area contributed by atoms with E-state index in [2.05, 4.69) is 45.0 Å². The molecule has 0 amide bonds. The molecule has 0 aliphatic carbocycles. The third-order valence-corrected chi connectivity index (χ3v) is 2.79. The molecule has 0 fully saturated rings. The van der Waals surface area contributed by atoms with Gasteiger partial charge in [-0.1, -0.05) is 6.07 Å². The van der Waals surface area contributed by atoms with Crippen LogP contribution in [0.5, 0.6) is 0 Å². The highest BCUT2D eigenvalue weighted by Gasteiger charge is 2.03. The Labute approximate surface area is 69.6 Å². The van der Waals surface area contributed by atoms with Crippen LogP contribution in [0.3, 0.4) is 0 Å². The molecule has 0 saturated heterocycles. The quantitative estimate of drug-likeness (QED) is 0.561. The van der Waals surface area contributed by atoms with Crippen LogP contribution in [-0.2, 0) is 0 Å². The van der Waals surface area contributed by atoms with Crippen LogP contribution in [-0.4, -0.2) is 13.0 Å². The van der Waals surface area contributed by atoms with Crippen molar-refractivity contribution in [3.8, 4) is 0 Å². The van der Waals surface area contributed by atoms with Crippen LogP contribution in [0.2, 0.25) is 0 Å². The SMILES string of the molecule is C=[P+](C)c1cc(C)cc(C)c1. The molecular weight excluding hydrogens is 151 g/mol. The van der Waals surface area contributed by atoms with Gasteiger partial charge < -0.3 is 0 Å². The van der Waals surface area contributed by atoms with Crippen LogP contribution < -0.4 is 5.30 Å². The largest absolute Gasteiger partial charge is 0.148 e. The summed E-state index contributed by atoms with van der Waals surface area (Å²) in [5, 5.41) is 1.40. The minimum absolute atomic E-state index is 0.178. The van der Waals surface area contributed by atoms with E-state index >= 15 is 0 Å². The smallest absolute Gasteiger partial charge is 0.0561 e. The Balaban J connectivity index is 3.19. The van der Waals surface area contributed by atoms with E-state index in [1.807, 2.05) is 0 Å². The lowest BCUT2D eigenvalue weighted by molar-refractivity contribution is 1.40. The average molecular weight is 165 g/mol. The fourth-order valence-corrected chi connectivity index (χ4v) is 2.02. The summed E-state index contributed by atoms with van der Waals surface area (Å²) in [5.41, 5.74) is 2.69. The Bertz CT molecular complexity index is 267. The summed E-state index contributed by atoms with van der Waals surface area (Å²) in [6, 6.07) is 6.65. The first-order chi connectivity index (χ1) is 5.09. The zero-order valence-corrected chi connectivity index (χ0v) is 8.28. The van der Waals surface area contributed by atoms with E-state index in [1.165, 1.54) is 16.4 Å². The molecule has 1 rings (SSSR count). The predicted molar refractivity (Wildman–Crippen MR) is 55.5 cm³/mol. The maximum absolute atomic E-state index is 4.06. The van der Waals surface area contributed by atoms with E-state index in [9.17, 15) is 0 Å². The average Bonchev–Trinajstić information content (AvgIpc) is 1.85. The molecule has 0 heterocycles. The molecule has 1 aromatic rings. The fourth-order valence-electron chi connectivity index (χ4n) is 1.17. The van der Waals surface area contributed by atoms with Gasteiger partial charge in [-0.2, -0.15) is 0 Å². The van der Waals surface area contributed by atoms with E-state index in [0.717, 1.165) is 0 Å². The van der Waals surface area contributed by atoms with Crippen molar-refractivity contribution in [1.29, 1.82) is 0 Å². The highest BCUT2D eigenvalue weighted by atomic mass is 31.1. The van der Waals surface area contributed by atoms with Crippen molar-refractivity contribution in [2.45, 2.75) is 13.8 Å². The van der Waals surface area contributed by atoms with Crippen LogP contribution in [0.15, 0.2) is 18.2 Å². The summed E-state index contributed by atoms with van der Waals surface area (Å²) in [4.78, 5) is 0. The zero-order valence-electron chi connectivity index (χ0n) is 7.39. The third-order valence-electron chi connectivity index (χ3n) is 1.65. The topological polar surface area (TPSA) is 0 Å². The van der Waals surface area contributed by atoms with Gasteiger partial charge in [0.2, 0.25) is 0 Å². The van der Waals surface area contributed by atoms with Gasteiger partial charge in [0, 0.05) is 0 Å². The van der Waals surface area contributed by atoms with Crippen LogP contribution in [0.25, 0.3) is 0 Å². The van der Waals surface area contributed by atoms with E-state index in [-0.39, 0.29) is 7.55 Å². The monoisotopic (exact) mass is 165 g/mol. The second-order valence-electron chi connectivity index (χ2n) is 3.04. The highest BCUT2D eigenvalue weighted by Crippen LogP contribution is 2.14. The molecule has 0 aliphatic rings. The number of aryl methyl sites for hydroxylation is 2. The number of rotatable bonds is 1. The molecule has 1 heteroatoms. The standard InChI is InChI=1S/C10H14P/c1-8-5-9(2)7-10(6-8)11(3)4/h5-7H,3H2,1-2,4H3/q+1. The Morgan fingerprint density at radius 2 is 1.55 bits per heavy atom. The Morgan fingerprint density at radius 3 is 1.91 bits per heavy atom. The van der Waals surface area contributed by atoms with Crippen LogP contribution >= 0.6 is 7.55 Å². The Kier molecular flexibility index (Phi) is 2.46. The van der Waals surface area contributed by atoms with E-state index in [0.29, 0.717) is 0 Å². The van der Waals surface area contributed by atoms with Gasteiger partial charge in [-0.3, -0.25) is 0 Å². The van der Waals surface area contributed by atoms with Gasteiger partial charge in [-0.15, -0.1) is 0 Å². The van der Waals surface area contributed by atoms with E-state index < -0.39 is 0 Å². The number of hydrogen-bond acceptors (Lipinski definition) is 0. The maximum atomic E-state index is 4.06. The molecule has 11 heavy (non-hydrogen) atoms. The molecule has 1 unspecified atom stereocenters. The Morgan fingerprint density at radius 1 is 1.09 bits per heavy atom. The molecule has 58 valence electrons. The van der Waals surface area contributed by atoms with E-state index in [1.54, 1.807) is 0 Å². The molecule has 0 aromatic heterocycles. The van der Waals surface area contributed by atoms with E-state index in [4.69, 9.17) is 0 Å². The first kappa shape index (κ1) is 8.49. The molecule has 1 aromatic carbocycles. The fraction of sp³-hybridized carbons (Fsp3) is 0.300. The van der Waals surface area contributed by atoms with Crippen LogP contribution in [0.4, 0.5) is 0 Å². The summed E-state index contributed by atoms with van der Waals surface area (Å²) < 4.78 is 0. The maximum Gasteiger partial charge on any atom is 0.148 e. The van der Waals surface area contributed by atoms with Gasteiger partial charge in [0.05, 0.1) is 6.30 Å². The summed E-state index contributed by atoms with van der Waals surface area (Å²) in [6.45, 7) is 6.45. The second-order valence-corrected chi connectivity index (χ2v) is 4.96. The number of benzene rings is 1. The minimum atomic E-state index is -0.178. The van der Waals surface area contributed by atoms with Crippen molar-refractivity contribution in [3.05, 3.63) is 29.3 Å². The zero-order chi connectivity index (χ0) is 8.43. The molecule has 0 saturated carbocycles. The molecule has 0 radical (unpaired) electrons. The summed E-state index contributed by atoms with van der Waals surface area (Å²) in [7, 11) is -0.178. The molecule has 0 nitrogen and oxygen atoms in total. The molecule has 0 bridgehead atoms. The molecule has 0 N–H and O–H groups in total. The predicted octanol–water partition coefficient (Wildman–Crippen LogP) is 2.47. The van der Waals surface area contributed by atoms with Gasteiger partial charge in [-0.05, 0) is 37.1 Å². The van der Waals surface area contributed by atoms with Crippen molar-refractivity contribution >= 4 is 19.1 Å². The minimum Gasteiger partial charge on any atom is -0.0561 e. The third kappa shape index (κ3) is 2.17. The van der Waals surface area contributed by atoms with Crippen molar-refractivity contribution in [3.63, 3.8) is 0 Å². The highest BCUT2D eigenvalue weighted by molar-refractivity contribution is 7.62. The van der Waals surface area contributed by atoms with Crippen LogP contribution in [0, 0.1) is 13.8 Å². The van der Waals surface area contributed by atoms with Gasteiger partial charge in [0.1, 0.15) is 19.5 Å². The molecule has 1 atom stereocenters. The summed E-state index contributed by atoms with van der Waals surface area (Å²) >= 11 is 0. The van der Waals surface area contributed by atoms with Crippen molar-refractivity contribution in [2.75, 3.05) is 6.66 Å². The van der Waals surface area contributed by atoms with Crippen molar-refractivity contribution in [2.24, 2.45) is 0 Å². The molecule has 0 aliphatic heterocycles. The first-order valence-electron chi connectivity index (χ1n) is 3.72. The lowest BCUT2D eigenvalue weighted by Crippen LogP contribution is -1.97. The summed E-state index contributed by atoms with van der Waals surface area (Å²) in [6.07, 6.45) is 4.06. The van der Waals surface area contributed by atoms with Gasteiger partial charge >= 0.3 is 0 Å². The Hall–Kier alpha value is -0.610. The lowest BCUT2D eigenvalue weighted by Gasteiger charge is -1.96. The van der Waals surface area contributed by atoms with Crippen molar-refractivity contribution in [1.82, 2.24) is 0 Å². The first-order valence-corrected chi connectivity index (χ1v) is 5.69. The molecule has 0 spiro atoms. The number of hydrogen-bond donors (Lipinski definition) is 0. The van der Waals surface area contributed by atoms with Gasteiger partial charge in [-0.25, -0.2) is 0 Å². The summed E-state index contributed by atoms with van der Waals surface area (Å²) in [5.74, 6) is 0. The lowest BCUT2D eigenvalue weighted by atomic mass is 10.2. The second kappa shape index (κ2) is 3.19. The van der Waals surface area contributed by atoms with Gasteiger partial charge in [0.15, 0.2) is 0 Å². The van der Waals surface area contributed by atoms with Gasteiger partial charge in [0.25, 0.3) is 0 Å². The normalized spacial score (nSPS) is 11.4. The molecular formula is C10H14P+.